The maximum atomic E-state index is 9.91. The Balaban J connectivity index is 2.49. The standard InChI is InChI=1S/C10H16ClN3O/c1-3-4-10(2,15)6-12-9-5-8(11)13-7-14-9/h5,7,15H,3-4,6H2,1-2H3,(H,12,13,14). The Morgan fingerprint density at radius 1 is 1.53 bits per heavy atom. The summed E-state index contributed by atoms with van der Waals surface area (Å²) in [6.45, 7) is 4.29. The van der Waals surface area contributed by atoms with Gasteiger partial charge < -0.3 is 10.4 Å². The van der Waals surface area contributed by atoms with Crippen LogP contribution in [0.25, 0.3) is 0 Å². The first kappa shape index (κ1) is 12.2. The van der Waals surface area contributed by atoms with Gasteiger partial charge in [-0.25, -0.2) is 9.97 Å². The molecule has 0 aliphatic heterocycles. The third kappa shape index (κ3) is 4.44. The van der Waals surface area contributed by atoms with Crippen molar-refractivity contribution < 1.29 is 5.11 Å². The summed E-state index contributed by atoms with van der Waals surface area (Å²) in [5.74, 6) is 0.631. The fraction of sp³-hybridized carbons (Fsp3) is 0.600. The van der Waals surface area contributed by atoms with Crippen molar-refractivity contribution in [1.82, 2.24) is 9.97 Å². The lowest BCUT2D eigenvalue weighted by atomic mass is 10.0. The second-order valence-electron chi connectivity index (χ2n) is 3.83. The van der Waals surface area contributed by atoms with E-state index >= 15 is 0 Å². The number of halogens is 1. The molecule has 4 nitrogen and oxygen atoms in total. The normalized spacial score (nSPS) is 14.7. The van der Waals surface area contributed by atoms with Crippen LogP contribution in [0.5, 0.6) is 0 Å². The molecule has 15 heavy (non-hydrogen) atoms. The molecular weight excluding hydrogens is 214 g/mol. The molecule has 0 saturated heterocycles. The molecule has 0 fully saturated rings. The third-order valence-electron chi connectivity index (χ3n) is 2.07. The highest BCUT2D eigenvalue weighted by Gasteiger charge is 2.18. The Morgan fingerprint density at radius 2 is 2.27 bits per heavy atom. The van der Waals surface area contributed by atoms with Crippen LogP contribution < -0.4 is 5.32 Å². The number of hydrogen-bond acceptors (Lipinski definition) is 4. The van der Waals surface area contributed by atoms with Gasteiger partial charge >= 0.3 is 0 Å². The molecule has 0 aliphatic carbocycles. The summed E-state index contributed by atoms with van der Waals surface area (Å²) >= 11 is 5.70. The van der Waals surface area contributed by atoms with Crippen LogP contribution >= 0.6 is 11.6 Å². The maximum Gasteiger partial charge on any atom is 0.134 e. The van der Waals surface area contributed by atoms with Crippen LogP contribution in [0, 0.1) is 0 Å². The fourth-order valence-corrected chi connectivity index (χ4v) is 1.49. The van der Waals surface area contributed by atoms with Crippen LogP contribution in [0.1, 0.15) is 26.7 Å². The first-order valence-corrected chi connectivity index (χ1v) is 5.35. The molecule has 1 atom stereocenters. The molecule has 5 heteroatoms. The van der Waals surface area contributed by atoms with Gasteiger partial charge in [0.05, 0.1) is 5.60 Å². The molecule has 1 unspecified atom stereocenters. The summed E-state index contributed by atoms with van der Waals surface area (Å²) in [4.78, 5) is 7.76. The van der Waals surface area contributed by atoms with E-state index in [-0.39, 0.29) is 0 Å². The molecule has 0 spiro atoms. The lowest BCUT2D eigenvalue weighted by Crippen LogP contribution is -2.33. The highest BCUT2D eigenvalue weighted by atomic mass is 35.5. The van der Waals surface area contributed by atoms with Crippen molar-refractivity contribution in [3.8, 4) is 0 Å². The number of rotatable bonds is 5. The van der Waals surface area contributed by atoms with Crippen LogP contribution in [0.3, 0.4) is 0 Å². The van der Waals surface area contributed by atoms with Gasteiger partial charge in [-0.2, -0.15) is 0 Å². The number of hydrogen-bond donors (Lipinski definition) is 2. The molecule has 0 bridgehead atoms. The molecule has 0 radical (unpaired) electrons. The van der Waals surface area contributed by atoms with Gasteiger partial charge in [0.1, 0.15) is 17.3 Å². The van der Waals surface area contributed by atoms with Gasteiger partial charge in [-0.05, 0) is 13.3 Å². The minimum Gasteiger partial charge on any atom is -0.388 e. The Labute approximate surface area is 94.7 Å². The average molecular weight is 230 g/mol. The molecule has 1 rings (SSSR count). The lowest BCUT2D eigenvalue weighted by molar-refractivity contribution is 0.0636. The minimum atomic E-state index is -0.716. The average Bonchev–Trinajstić information content (AvgIpc) is 2.15. The minimum absolute atomic E-state index is 0.391. The molecule has 0 saturated carbocycles. The SMILES string of the molecule is CCCC(C)(O)CNc1cc(Cl)ncn1. The van der Waals surface area contributed by atoms with Gasteiger partial charge in [-0.15, -0.1) is 0 Å². The van der Waals surface area contributed by atoms with Crippen LogP contribution in [-0.2, 0) is 0 Å². The van der Waals surface area contributed by atoms with Gasteiger partial charge in [-0.1, -0.05) is 24.9 Å². The zero-order valence-corrected chi connectivity index (χ0v) is 9.75. The quantitative estimate of drug-likeness (QED) is 0.760. The van der Waals surface area contributed by atoms with Gasteiger partial charge in [0.25, 0.3) is 0 Å². The fourth-order valence-electron chi connectivity index (χ4n) is 1.34. The van der Waals surface area contributed by atoms with Crippen molar-refractivity contribution >= 4 is 17.4 Å². The number of aromatic nitrogens is 2. The molecule has 84 valence electrons. The second-order valence-corrected chi connectivity index (χ2v) is 4.21. The monoisotopic (exact) mass is 229 g/mol. The summed E-state index contributed by atoms with van der Waals surface area (Å²) < 4.78 is 0. The van der Waals surface area contributed by atoms with E-state index in [9.17, 15) is 5.11 Å². The third-order valence-corrected chi connectivity index (χ3v) is 2.28. The van der Waals surface area contributed by atoms with E-state index in [2.05, 4.69) is 15.3 Å². The first-order valence-electron chi connectivity index (χ1n) is 4.97. The van der Waals surface area contributed by atoms with E-state index in [1.54, 1.807) is 13.0 Å². The summed E-state index contributed by atoms with van der Waals surface area (Å²) in [7, 11) is 0. The van der Waals surface area contributed by atoms with E-state index in [0.29, 0.717) is 17.5 Å². The Morgan fingerprint density at radius 3 is 2.87 bits per heavy atom. The molecule has 1 aromatic rings. The number of anilines is 1. The van der Waals surface area contributed by atoms with Crippen molar-refractivity contribution in [2.45, 2.75) is 32.3 Å². The van der Waals surface area contributed by atoms with Gasteiger partial charge in [-0.3, -0.25) is 0 Å². The summed E-state index contributed by atoms with van der Waals surface area (Å²) in [6, 6.07) is 1.63. The summed E-state index contributed by atoms with van der Waals surface area (Å²) in [5, 5.41) is 13.3. The van der Waals surface area contributed by atoms with E-state index in [4.69, 9.17) is 11.6 Å². The van der Waals surface area contributed by atoms with E-state index in [1.165, 1.54) is 6.33 Å². The smallest absolute Gasteiger partial charge is 0.134 e. The van der Waals surface area contributed by atoms with Crippen molar-refractivity contribution in [1.29, 1.82) is 0 Å². The van der Waals surface area contributed by atoms with Gasteiger partial charge in [0, 0.05) is 12.6 Å². The summed E-state index contributed by atoms with van der Waals surface area (Å²) in [6.07, 6.45) is 3.08. The highest BCUT2D eigenvalue weighted by Crippen LogP contribution is 2.14. The largest absolute Gasteiger partial charge is 0.388 e. The number of nitrogens with zero attached hydrogens (tertiary/aromatic N) is 2. The van der Waals surface area contributed by atoms with Crippen LogP contribution in [-0.4, -0.2) is 27.2 Å². The number of nitrogens with one attached hydrogen (secondary N) is 1. The molecule has 0 aromatic carbocycles. The molecular formula is C10H16ClN3O. The zero-order valence-electron chi connectivity index (χ0n) is 9.00. The predicted octanol–water partition coefficient (Wildman–Crippen LogP) is 2.09. The lowest BCUT2D eigenvalue weighted by Gasteiger charge is -2.23. The number of aliphatic hydroxyl groups is 1. The Kier molecular flexibility index (Phi) is 4.29. The van der Waals surface area contributed by atoms with E-state index < -0.39 is 5.60 Å². The van der Waals surface area contributed by atoms with Crippen molar-refractivity contribution in [3.63, 3.8) is 0 Å². The van der Waals surface area contributed by atoms with Gasteiger partial charge in [0.15, 0.2) is 0 Å². The molecule has 1 heterocycles. The second kappa shape index (κ2) is 5.28. The molecule has 2 N–H and O–H groups in total. The Bertz CT molecular complexity index is 317. The predicted molar refractivity (Wildman–Crippen MR) is 61.1 cm³/mol. The topological polar surface area (TPSA) is 58.0 Å². The van der Waals surface area contributed by atoms with Crippen molar-refractivity contribution in [3.05, 3.63) is 17.5 Å². The zero-order chi connectivity index (χ0) is 11.3. The highest BCUT2D eigenvalue weighted by molar-refractivity contribution is 6.29. The summed E-state index contributed by atoms with van der Waals surface area (Å²) in [5.41, 5.74) is -0.716. The van der Waals surface area contributed by atoms with Crippen molar-refractivity contribution in [2.24, 2.45) is 0 Å². The molecule has 1 aromatic heterocycles. The Hall–Kier alpha value is -0.870. The van der Waals surface area contributed by atoms with Crippen LogP contribution in [0.15, 0.2) is 12.4 Å². The van der Waals surface area contributed by atoms with Crippen molar-refractivity contribution in [2.75, 3.05) is 11.9 Å². The van der Waals surface area contributed by atoms with E-state index in [1.807, 2.05) is 6.92 Å². The maximum absolute atomic E-state index is 9.91. The molecule has 0 amide bonds. The molecule has 0 aliphatic rings. The van der Waals surface area contributed by atoms with E-state index in [0.717, 1.165) is 12.8 Å². The van der Waals surface area contributed by atoms with Crippen LogP contribution in [0.2, 0.25) is 5.15 Å². The van der Waals surface area contributed by atoms with Gasteiger partial charge in [0.2, 0.25) is 0 Å². The first-order chi connectivity index (χ1) is 7.03. The van der Waals surface area contributed by atoms with Crippen LogP contribution in [0.4, 0.5) is 5.82 Å².